The lowest BCUT2D eigenvalue weighted by Gasteiger charge is -2.40. The van der Waals surface area contributed by atoms with Gasteiger partial charge in [0, 0.05) is 17.7 Å². The number of carbonyl (C=O) groups is 1. The second-order valence-electron chi connectivity index (χ2n) is 5.67. The minimum Gasteiger partial charge on any atom is -0.353 e. The Labute approximate surface area is 108 Å². The lowest BCUT2D eigenvalue weighted by atomic mass is 9.66. The Balaban J connectivity index is 1.74. The van der Waals surface area contributed by atoms with Crippen molar-refractivity contribution in [2.24, 2.45) is 11.1 Å². The van der Waals surface area contributed by atoms with Gasteiger partial charge in [0.05, 0.1) is 0 Å². The first-order valence-electron chi connectivity index (χ1n) is 6.70. The van der Waals surface area contributed by atoms with Crippen LogP contribution in [0.2, 0.25) is 0 Å². The molecule has 0 saturated heterocycles. The van der Waals surface area contributed by atoms with Gasteiger partial charge in [-0.05, 0) is 50.3 Å². The third kappa shape index (κ3) is 3.16. The fourth-order valence-corrected chi connectivity index (χ4v) is 3.83. The Bertz CT molecular complexity index is 273. The van der Waals surface area contributed by atoms with E-state index in [9.17, 15) is 4.79 Å². The largest absolute Gasteiger partial charge is 0.353 e. The Morgan fingerprint density at radius 1 is 1.47 bits per heavy atom. The zero-order chi connectivity index (χ0) is 12.3. The molecule has 0 bridgehead atoms. The number of hydrogen-bond donors (Lipinski definition) is 2. The van der Waals surface area contributed by atoms with Crippen molar-refractivity contribution in [1.82, 2.24) is 5.32 Å². The molecule has 98 valence electrons. The van der Waals surface area contributed by atoms with E-state index in [1.807, 2.05) is 11.8 Å². The number of amides is 1. The van der Waals surface area contributed by atoms with Gasteiger partial charge in [-0.3, -0.25) is 4.79 Å². The number of thioether (sulfide) groups is 1. The van der Waals surface area contributed by atoms with Crippen molar-refractivity contribution in [2.75, 3.05) is 12.8 Å². The summed E-state index contributed by atoms with van der Waals surface area (Å²) >= 11 is 1.93. The van der Waals surface area contributed by atoms with E-state index in [2.05, 4.69) is 11.6 Å². The quantitative estimate of drug-likeness (QED) is 0.790. The summed E-state index contributed by atoms with van der Waals surface area (Å²) in [5, 5.41) is 3.94. The zero-order valence-electron chi connectivity index (χ0n) is 10.7. The van der Waals surface area contributed by atoms with Gasteiger partial charge in [-0.25, -0.2) is 0 Å². The predicted octanol–water partition coefficient (Wildman–Crippen LogP) is 1.91. The second-order valence-corrected chi connectivity index (χ2v) is 6.81. The number of nitrogens with one attached hydrogen (secondary N) is 1. The molecule has 2 unspecified atom stereocenters. The molecule has 2 atom stereocenters. The number of hydrogen-bond acceptors (Lipinski definition) is 3. The van der Waals surface area contributed by atoms with E-state index in [1.54, 1.807) is 0 Å². The van der Waals surface area contributed by atoms with Crippen molar-refractivity contribution < 1.29 is 4.79 Å². The molecule has 0 aliphatic heterocycles. The lowest BCUT2D eigenvalue weighted by Crippen LogP contribution is -2.43. The van der Waals surface area contributed by atoms with Crippen molar-refractivity contribution in [3.63, 3.8) is 0 Å². The van der Waals surface area contributed by atoms with Crippen molar-refractivity contribution in [3.05, 3.63) is 0 Å². The molecule has 1 amide bonds. The molecule has 2 aliphatic rings. The molecule has 2 rings (SSSR count). The monoisotopic (exact) mass is 256 g/mol. The van der Waals surface area contributed by atoms with Crippen LogP contribution in [0.25, 0.3) is 0 Å². The number of carbonyl (C=O) groups excluding carboxylic acids is 1. The highest BCUT2D eigenvalue weighted by Crippen LogP contribution is 2.43. The molecule has 0 aromatic rings. The summed E-state index contributed by atoms with van der Waals surface area (Å²) < 4.78 is 0. The summed E-state index contributed by atoms with van der Waals surface area (Å²) in [6.07, 6.45) is 9.84. The standard InChI is InChI=1S/C13H24N2OS/c1-17-11-4-3-10(7-11)15-12(16)8-13(9-14)5-2-6-13/h10-11H,2-9,14H2,1H3,(H,15,16). The van der Waals surface area contributed by atoms with Gasteiger partial charge >= 0.3 is 0 Å². The maximum absolute atomic E-state index is 12.0. The first-order valence-corrected chi connectivity index (χ1v) is 7.98. The molecule has 2 aliphatic carbocycles. The van der Waals surface area contributed by atoms with Gasteiger partial charge in [0.15, 0.2) is 0 Å². The molecule has 3 N–H and O–H groups in total. The summed E-state index contributed by atoms with van der Waals surface area (Å²) in [4.78, 5) is 12.0. The second kappa shape index (κ2) is 5.61. The molecule has 0 aromatic carbocycles. The lowest BCUT2D eigenvalue weighted by molar-refractivity contribution is -0.125. The van der Waals surface area contributed by atoms with E-state index in [4.69, 9.17) is 5.73 Å². The fourth-order valence-electron chi connectivity index (χ4n) is 3.03. The van der Waals surface area contributed by atoms with Crippen LogP contribution < -0.4 is 11.1 Å². The van der Waals surface area contributed by atoms with E-state index in [-0.39, 0.29) is 11.3 Å². The molecule has 17 heavy (non-hydrogen) atoms. The van der Waals surface area contributed by atoms with Crippen molar-refractivity contribution in [3.8, 4) is 0 Å². The number of rotatable bonds is 5. The molecule has 0 aromatic heterocycles. The topological polar surface area (TPSA) is 55.1 Å². The zero-order valence-corrected chi connectivity index (χ0v) is 11.5. The van der Waals surface area contributed by atoms with Crippen LogP contribution in [0.1, 0.15) is 44.9 Å². The van der Waals surface area contributed by atoms with Crippen molar-refractivity contribution >= 4 is 17.7 Å². The summed E-state index contributed by atoms with van der Waals surface area (Å²) in [6.45, 7) is 0.665. The van der Waals surface area contributed by atoms with Gasteiger partial charge in [-0.1, -0.05) is 6.42 Å². The molecule has 0 heterocycles. The first kappa shape index (κ1) is 13.2. The smallest absolute Gasteiger partial charge is 0.220 e. The highest BCUT2D eigenvalue weighted by molar-refractivity contribution is 7.99. The minimum atomic E-state index is 0.140. The van der Waals surface area contributed by atoms with E-state index >= 15 is 0 Å². The van der Waals surface area contributed by atoms with Crippen molar-refractivity contribution in [2.45, 2.75) is 56.2 Å². The molecule has 2 fully saturated rings. The Morgan fingerprint density at radius 3 is 2.71 bits per heavy atom. The van der Waals surface area contributed by atoms with Gasteiger partial charge in [-0.2, -0.15) is 11.8 Å². The SMILES string of the molecule is CSC1CCC(NC(=O)CC2(CN)CCC2)C1. The van der Waals surface area contributed by atoms with Crippen LogP contribution in [-0.2, 0) is 4.79 Å². The summed E-state index contributed by atoms with van der Waals surface area (Å²) in [7, 11) is 0. The third-order valence-corrected chi connectivity index (χ3v) is 5.56. The van der Waals surface area contributed by atoms with Gasteiger partial charge in [0.1, 0.15) is 0 Å². The average Bonchev–Trinajstić information content (AvgIpc) is 2.71. The van der Waals surface area contributed by atoms with Crippen molar-refractivity contribution in [1.29, 1.82) is 0 Å². The summed E-state index contributed by atoms with van der Waals surface area (Å²) in [5.41, 5.74) is 5.93. The van der Waals surface area contributed by atoms with E-state index in [0.29, 0.717) is 19.0 Å². The molecular formula is C13H24N2OS. The predicted molar refractivity (Wildman–Crippen MR) is 73.0 cm³/mol. The van der Waals surface area contributed by atoms with Crippen LogP contribution >= 0.6 is 11.8 Å². The Hall–Kier alpha value is -0.220. The molecule has 0 spiro atoms. The molecule has 4 heteroatoms. The van der Waals surface area contributed by atoms with Gasteiger partial charge < -0.3 is 11.1 Å². The summed E-state index contributed by atoms with van der Waals surface area (Å²) in [6, 6.07) is 0.412. The van der Waals surface area contributed by atoms with Crippen LogP contribution in [-0.4, -0.2) is 30.0 Å². The van der Waals surface area contributed by atoms with Crippen LogP contribution in [0.4, 0.5) is 0 Å². The van der Waals surface area contributed by atoms with Crippen LogP contribution in [0.15, 0.2) is 0 Å². The highest BCUT2D eigenvalue weighted by atomic mass is 32.2. The Kier molecular flexibility index (Phi) is 4.36. The van der Waals surface area contributed by atoms with E-state index in [1.165, 1.54) is 12.8 Å². The van der Waals surface area contributed by atoms with E-state index in [0.717, 1.165) is 30.9 Å². The fraction of sp³-hybridized carbons (Fsp3) is 0.923. The first-order chi connectivity index (χ1) is 8.17. The normalized spacial score (nSPS) is 30.9. The van der Waals surface area contributed by atoms with E-state index < -0.39 is 0 Å². The average molecular weight is 256 g/mol. The minimum absolute atomic E-state index is 0.140. The molecular weight excluding hydrogens is 232 g/mol. The van der Waals surface area contributed by atoms with Crippen LogP contribution in [0.5, 0.6) is 0 Å². The molecule has 0 radical (unpaired) electrons. The van der Waals surface area contributed by atoms with Crippen LogP contribution in [0.3, 0.4) is 0 Å². The highest BCUT2D eigenvalue weighted by Gasteiger charge is 2.38. The van der Waals surface area contributed by atoms with Crippen LogP contribution in [0, 0.1) is 5.41 Å². The molecule has 3 nitrogen and oxygen atoms in total. The maximum atomic E-state index is 12.0. The maximum Gasteiger partial charge on any atom is 0.220 e. The van der Waals surface area contributed by atoms with Gasteiger partial charge in [0.2, 0.25) is 5.91 Å². The summed E-state index contributed by atoms with van der Waals surface area (Å²) in [5.74, 6) is 0.224. The third-order valence-electron chi connectivity index (χ3n) is 4.47. The van der Waals surface area contributed by atoms with Gasteiger partial charge in [-0.15, -0.1) is 0 Å². The van der Waals surface area contributed by atoms with Gasteiger partial charge in [0.25, 0.3) is 0 Å². The molecule has 2 saturated carbocycles. The Morgan fingerprint density at radius 2 is 2.24 bits per heavy atom. The number of nitrogens with two attached hydrogens (primary N) is 1.